The van der Waals surface area contributed by atoms with Crippen LogP contribution in [0.15, 0.2) is 34.7 Å². The van der Waals surface area contributed by atoms with Gasteiger partial charge in [-0.2, -0.15) is 10.0 Å². The lowest BCUT2D eigenvalue weighted by atomic mass is 9.86. The maximum Gasteiger partial charge on any atom is 0.323 e. The van der Waals surface area contributed by atoms with Gasteiger partial charge in [-0.25, -0.2) is 9.78 Å². The topological polar surface area (TPSA) is 103 Å². The fourth-order valence-electron chi connectivity index (χ4n) is 4.97. The first-order chi connectivity index (χ1) is 16.5. The summed E-state index contributed by atoms with van der Waals surface area (Å²) in [5.41, 5.74) is 2.01. The Morgan fingerprint density at radius 2 is 1.91 bits per heavy atom. The molecular weight excluding hydrogens is 482 g/mol. The van der Waals surface area contributed by atoms with E-state index in [1.807, 2.05) is 42.3 Å². The van der Waals surface area contributed by atoms with Crippen LogP contribution in [-0.4, -0.2) is 61.4 Å². The standard InChI is InChI=1S/C26H37N3O4S2/c1-17-5-11-21(12-6-17)29(14-13-19-7-9-20(10-8-19)18(2)30)25(33)28-24-27-15-22(34-24)35(4)16-26(35,3)23(31)32/h7-10,15,17-18,21,30H,5-6,11-14,16H2,1-4H3,(H,31,32)(H,27,28,33). The summed E-state index contributed by atoms with van der Waals surface area (Å²) in [6, 6.07) is 7.98. The third kappa shape index (κ3) is 5.37. The predicted octanol–water partition coefficient (Wildman–Crippen LogP) is 5.50. The van der Waals surface area contributed by atoms with Gasteiger partial charge in [-0.1, -0.05) is 42.5 Å². The second-order valence-electron chi connectivity index (χ2n) is 10.5. The highest BCUT2D eigenvalue weighted by atomic mass is 32.3. The van der Waals surface area contributed by atoms with Crippen LogP contribution in [0.3, 0.4) is 0 Å². The summed E-state index contributed by atoms with van der Waals surface area (Å²) in [6.45, 7) is 6.44. The smallest absolute Gasteiger partial charge is 0.323 e. The highest BCUT2D eigenvalue weighted by molar-refractivity contribution is 8.41. The molecule has 3 N–H and O–H groups in total. The summed E-state index contributed by atoms with van der Waals surface area (Å²) in [5, 5.41) is 22.9. The van der Waals surface area contributed by atoms with Crippen molar-refractivity contribution in [3.05, 3.63) is 41.6 Å². The molecule has 3 unspecified atom stereocenters. The Morgan fingerprint density at radius 1 is 1.26 bits per heavy atom. The molecule has 0 radical (unpaired) electrons. The van der Waals surface area contributed by atoms with Crippen LogP contribution < -0.4 is 5.32 Å². The first-order valence-corrected chi connectivity index (χ1v) is 15.4. The molecule has 35 heavy (non-hydrogen) atoms. The van der Waals surface area contributed by atoms with Crippen molar-refractivity contribution in [2.45, 2.75) is 74.0 Å². The van der Waals surface area contributed by atoms with Crippen LogP contribution in [-0.2, 0) is 11.2 Å². The number of amides is 2. The summed E-state index contributed by atoms with van der Waals surface area (Å²) >= 11 is 1.41. The minimum absolute atomic E-state index is 0.136. The second kappa shape index (κ2) is 10.1. The number of aliphatic hydroxyl groups is 1. The third-order valence-electron chi connectivity index (χ3n) is 7.85. The number of hydrogen-bond donors (Lipinski definition) is 3. The van der Waals surface area contributed by atoms with Crippen LogP contribution in [0.5, 0.6) is 0 Å². The highest BCUT2D eigenvalue weighted by Crippen LogP contribution is 2.79. The van der Waals surface area contributed by atoms with Crippen LogP contribution >= 0.6 is 21.4 Å². The van der Waals surface area contributed by atoms with Gasteiger partial charge in [0.2, 0.25) is 0 Å². The lowest BCUT2D eigenvalue weighted by molar-refractivity contribution is -0.138. The maximum atomic E-state index is 13.4. The molecule has 7 nitrogen and oxygen atoms in total. The van der Waals surface area contributed by atoms with Crippen LogP contribution in [0.4, 0.5) is 9.93 Å². The highest BCUT2D eigenvalue weighted by Gasteiger charge is 2.64. The quantitative estimate of drug-likeness (QED) is 0.400. The van der Waals surface area contributed by atoms with E-state index in [-0.39, 0.29) is 12.1 Å². The van der Waals surface area contributed by atoms with Gasteiger partial charge in [0, 0.05) is 18.3 Å². The number of carbonyl (C=O) groups excluding carboxylic acids is 1. The lowest BCUT2D eigenvalue weighted by Gasteiger charge is -2.36. The Bertz CT molecular complexity index is 1060. The summed E-state index contributed by atoms with van der Waals surface area (Å²) in [7, 11) is -1.44. The fourth-order valence-corrected chi connectivity index (χ4v) is 10.2. The van der Waals surface area contributed by atoms with E-state index in [2.05, 4.69) is 17.2 Å². The number of carboxylic acids is 1. The van der Waals surface area contributed by atoms with Crippen molar-refractivity contribution < 1.29 is 19.8 Å². The predicted molar refractivity (Wildman–Crippen MR) is 143 cm³/mol. The van der Waals surface area contributed by atoms with E-state index in [0.717, 1.165) is 47.4 Å². The number of urea groups is 1. The molecule has 2 heterocycles. The van der Waals surface area contributed by atoms with Gasteiger partial charge in [-0.3, -0.25) is 10.1 Å². The second-order valence-corrected chi connectivity index (χ2v) is 15.6. The molecule has 2 aliphatic rings. The van der Waals surface area contributed by atoms with Gasteiger partial charge in [0.05, 0.1) is 16.5 Å². The van der Waals surface area contributed by atoms with Gasteiger partial charge in [0.1, 0.15) is 4.75 Å². The largest absolute Gasteiger partial charge is 0.480 e. The van der Waals surface area contributed by atoms with E-state index in [4.69, 9.17) is 0 Å². The van der Waals surface area contributed by atoms with Gasteiger partial charge in [0.15, 0.2) is 5.13 Å². The molecular formula is C26H37N3O4S2. The third-order valence-corrected chi connectivity index (χ3v) is 14.0. The number of aliphatic hydroxyl groups excluding tert-OH is 1. The number of carboxylic acid groups (broad SMARTS) is 1. The summed E-state index contributed by atoms with van der Waals surface area (Å²) in [6.07, 6.45) is 8.27. The fraction of sp³-hybridized carbons (Fsp3) is 0.577. The van der Waals surface area contributed by atoms with Crippen molar-refractivity contribution in [1.82, 2.24) is 9.88 Å². The van der Waals surface area contributed by atoms with Crippen molar-refractivity contribution in [2.24, 2.45) is 5.92 Å². The van der Waals surface area contributed by atoms with Crippen molar-refractivity contribution in [2.75, 3.05) is 23.9 Å². The van der Waals surface area contributed by atoms with Gasteiger partial charge < -0.3 is 15.1 Å². The number of nitrogens with one attached hydrogen (secondary N) is 1. The van der Waals surface area contributed by atoms with Crippen molar-refractivity contribution >= 4 is 38.5 Å². The molecule has 1 aromatic heterocycles. The zero-order valence-corrected chi connectivity index (χ0v) is 22.6. The minimum Gasteiger partial charge on any atom is -0.480 e. The molecule has 1 aromatic carbocycles. The van der Waals surface area contributed by atoms with Crippen LogP contribution in [0.25, 0.3) is 0 Å². The summed E-state index contributed by atoms with van der Waals surface area (Å²) in [4.78, 5) is 31.5. The molecule has 2 aromatic rings. The van der Waals surface area contributed by atoms with Crippen molar-refractivity contribution in [1.29, 1.82) is 0 Å². The van der Waals surface area contributed by atoms with Crippen LogP contribution in [0.2, 0.25) is 0 Å². The molecule has 3 atom stereocenters. The van der Waals surface area contributed by atoms with E-state index in [9.17, 15) is 19.8 Å². The van der Waals surface area contributed by atoms with Gasteiger partial charge in [-0.15, -0.1) is 0 Å². The number of anilines is 1. The molecule has 1 saturated carbocycles. The molecule has 1 aliphatic heterocycles. The number of hydrogen-bond acceptors (Lipinski definition) is 5. The molecule has 9 heteroatoms. The summed E-state index contributed by atoms with van der Waals surface area (Å²) < 4.78 is 0.281. The average molecular weight is 520 g/mol. The normalized spacial score (nSPS) is 30.7. The molecule has 0 spiro atoms. The number of carbonyl (C=O) groups is 2. The summed E-state index contributed by atoms with van der Waals surface area (Å²) in [5.74, 6) is 0.593. The first kappa shape index (κ1) is 26.0. The Hall–Kier alpha value is -2.10. The van der Waals surface area contributed by atoms with Crippen LogP contribution in [0.1, 0.15) is 63.7 Å². The number of aliphatic carboxylic acids is 1. The van der Waals surface area contributed by atoms with E-state index in [1.165, 1.54) is 11.3 Å². The Kier molecular flexibility index (Phi) is 7.50. The Labute approximate surface area is 213 Å². The number of aromatic nitrogens is 1. The Balaban J connectivity index is 1.45. The maximum absolute atomic E-state index is 13.4. The Morgan fingerprint density at radius 3 is 2.49 bits per heavy atom. The van der Waals surface area contributed by atoms with E-state index >= 15 is 0 Å². The lowest BCUT2D eigenvalue weighted by Crippen LogP contribution is -2.45. The number of nitrogens with zero attached hydrogens (tertiary/aromatic N) is 2. The molecule has 2 amide bonds. The molecule has 0 bridgehead atoms. The SMILES string of the molecule is CC1CCC(N(CCc2ccc(C(C)O)cc2)C(=O)Nc2ncc(S3(C)CC3(C)C(=O)O)s2)CC1. The number of benzene rings is 1. The molecule has 2 fully saturated rings. The van der Waals surface area contributed by atoms with Crippen molar-refractivity contribution in [3.63, 3.8) is 0 Å². The first-order valence-electron chi connectivity index (χ1n) is 12.3. The van der Waals surface area contributed by atoms with E-state index in [1.54, 1.807) is 13.1 Å². The van der Waals surface area contributed by atoms with E-state index in [0.29, 0.717) is 23.3 Å². The van der Waals surface area contributed by atoms with Crippen LogP contribution in [0, 0.1) is 5.92 Å². The number of rotatable bonds is 8. The monoisotopic (exact) mass is 519 g/mol. The molecule has 192 valence electrons. The average Bonchev–Trinajstić information content (AvgIpc) is 3.15. The molecule has 1 aliphatic carbocycles. The van der Waals surface area contributed by atoms with E-state index < -0.39 is 26.8 Å². The zero-order chi connectivity index (χ0) is 25.4. The van der Waals surface area contributed by atoms with Gasteiger partial charge in [0.25, 0.3) is 0 Å². The zero-order valence-electron chi connectivity index (χ0n) is 21.0. The van der Waals surface area contributed by atoms with Gasteiger partial charge in [-0.05, 0) is 69.3 Å². The minimum atomic E-state index is -1.44. The molecule has 4 rings (SSSR count). The molecule has 1 saturated heterocycles. The number of thiazole rings is 1. The van der Waals surface area contributed by atoms with Crippen molar-refractivity contribution in [3.8, 4) is 0 Å². The van der Waals surface area contributed by atoms with Gasteiger partial charge >= 0.3 is 12.0 Å².